The van der Waals surface area contributed by atoms with Crippen molar-refractivity contribution in [2.45, 2.75) is 0 Å². The molecule has 1 aromatic carbocycles. The number of thiocarbonyl (C=S) groups is 1. The minimum Gasteiger partial charge on any atom is -0.193 e. The van der Waals surface area contributed by atoms with E-state index >= 15 is 0 Å². The Morgan fingerprint density at radius 1 is 1.50 bits per heavy atom. The summed E-state index contributed by atoms with van der Waals surface area (Å²) in [5, 5.41) is 2.78. The molecule has 0 bridgehead atoms. The van der Waals surface area contributed by atoms with Crippen LogP contribution < -0.4 is 0 Å². The Morgan fingerprint density at radius 3 is 2.86 bits per heavy atom. The lowest BCUT2D eigenvalue weighted by Crippen LogP contribution is -1.75. The van der Waals surface area contributed by atoms with Gasteiger partial charge in [0.05, 0.1) is 21.6 Å². The number of isothiocyanates is 1. The molecule has 0 N–H and O–H groups in total. The second kappa shape index (κ2) is 5.85. The van der Waals surface area contributed by atoms with Gasteiger partial charge in [-0.05, 0) is 30.4 Å². The molecular weight excluding hydrogens is 234 g/mol. The topological polar surface area (TPSA) is 12.4 Å². The molecule has 4 heteroatoms. The molecule has 0 aliphatic carbocycles. The largest absolute Gasteiger partial charge is 0.193 e. The summed E-state index contributed by atoms with van der Waals surface area (Å²) in [6.07, 6.45) is 0. The van der Waals surface area contributed by atoms with Gasteiger partial charge in [0.25, 0.3) is 0 Å². The van der Waals surface area contributed by atoms with Gasteiger partial charge < -0.3 is 0 Å². The smallest absolute Gasteiger partial charge is 0.0926 e. The number of thiol groups is 1. The third kappa shape index (κ3) is 3.17. The van der Waals surface area contributed by atoms with Crippen LogP contribution >= 0.6 is 36.4 Å². The number of rotatable bonds is 1. The average molecular weight is 240 g/mol. The zero-order valence-electron chi connectivity index (χ0n) is 7.12. The van der Waals surface area contributed by atoms with Gasteiger partial charge in [0.2, 0.25) is 0 Å². The van der Waals surface area contributed by atoms with Crippen LogP contribution in [0.5, 0.6) is 0 Å². The van der Waals surface area contributed by atoms with E-state index in [4.69, 9.17) is 11.6 Å². The molecule has 0 amide bonds. The summed E-state index contributed by atoms with van der Waals surface area (Å²) in [5.41, 5.74) is 1.45. The lowest BCUT2D eigenvalue weighted by molar-refractivity contribution is 1.53. The summed E-state index contributed by atoms with van der Waals surface area (Å²) in [5.74, 6) is 6.26. The van der Waals surface area contributed by atoms with Crippen LogP contribution in [0.25, 0.3) is 0 Å². The van der Waals surface area contributed by atoms with Crippen LogP contribution in [0.2, 0.25) is 5.02 Å². The molecule has 0 saturated carbocycles. The highest BCUT2D eigenvalue weighted by Crippen LogP contribution is 2.24. The first-order chi connectivity index (χ1) is 6.77. The quantitative estimate of drug-likeness (QED) is 0.343. The maximum absolute atomic E-state index is 5.92. The van der Waals surface area contributed by atoms with Crippen molar-refractivity contribution >= 4 is 47.3 Å². The maximum Gasteiger partial charge on any atom is 0.0926 e. The Kier molecular flexibility index (Phi) is 4.72. The molecule has 0 atom stereocenters. The van der Waals surface area contributed by atoms with Gasteiger partial charge >= 0.3 is 0 Å². The number of aliphatic imine (C=N–C) groups is 1. The Balaban J connectivity index is 3.06. The van der Waals surface area contributed by atoms with Gasteiger partial charge in [-0.1, -0.05) is 23.4 Å². The van der Waals surface area contributed by atoms with Crippen molar-refractivity contribution < 1.29 is 0 Å². The van der Waals surface area contributed by atoms with Crippen LogP contribution in [-0.4, -0.2) is 10.9 Å². The van der Waals surface area contributed by atoms with Gasteiger partial charge in [-0.3, -0.25) is 0 Å². The number of halogens is 1. The molecule has 14 heavy (non-hydrogen) atoms. The maximum atomic E-state index is 5.92. The van der Waals surface area contributed by atoms with Crippen LogP contribution in [0.1, 0.15) is 5.56 Å². The summed E-state index contributed by atoms with van der Waals surface area (Å²) in [7, 11) is 0. The van der Waals surface area contributed by atoms with Crippen molar-refractivity contribution in [3.63, 3.8) is 0 Å². The van der Waals surface area contributed by atoms with Crippen molar-refractivity contribution in [2.75, 3.05) is 5.75 Å². The second-order valence-corrected chi connectivity index (χ2v) is 3.24. The van der Waals surface area contributed by atoms with Gasteiger partial charge in [-0.2, -0.15) is 17.6 Å². The lowest BCUT2D eigenvalue weighted by atomic mass is 10.2. The first-order valence-corrected chi connectivity index (χ1v) is 5.17. The highest BCUT2D eigenvalue weighted by molar-refractivity contribution is 7.80. The lowest BCUT2D eigenvalue weighted by Gasteiger charge is -1.96. The molecular formula is C10H6ClNS2. The summed E-state index contributed by atoms with van der Waals surface area (Å²) < 4.78 is 0. The van der Waals surface area contributed by atoms with Gasteiger partial charge in [-0.25, -0.2) is 0 Å². The summed E-state index contributed by atoms with van der Waals surface area (Å²) >= 11 is 14.4. The molecule has 0 aliphatic rings. The summed E-state index contributed by atoms with van der Waals surface area (Å²) in [6.45, 7) is 0. The predicted molar refractivity (Wildman–Crippen MR) is 66.9 cm³/mol. The molecule has 0 fully saturated rings. The number of hydrogen-bond donors (Lipinski definition) is 1. The van der Waals surface area contributed by atoms with Crippen LogP contribution in [0.4, 0.5) is 5.69 Å². The fourth-order valence-corrected chi connectivity index (χ4v) is 1.27. The van der Waals surface area contributed by atoms with Gasteiger partial charge in [0.15, 0.2) is 0 Å². The van der Waals surface area contributed by atoms with E-state index in [1.807, 2.05) is 6.07 Å². The minimum absolute atomic E-state index is 0.522. The van der Waals surface area contributed by atoms with E-state index in [0.717, 1.165) is 5.56 Å². The van der Waals surface area contributed by atoms with E-state index in [-0.39, 0.29) is 0 Å². The van der Waals surface area contributed by atoms with Crippen LogP contribution in [0, 0.1) is 11.8 Å². The molecule has 0 spiro atoms. The Morgan fingerprint density at radius 2 is 2.29 bits per heavy atom. The van der Waals surface area contributed by atoms with E-state index in [1.165, 1.54) is 0 Å². The third-order valence-electron chi connectivity index (χ3n) is 1.43. The average Bonchev–Trinajstić information content (AvgIpc) is 2.19. The molecule has 0 radical (unpaired) electrons. The minimum atomic E-state index is 0.522. The highest BCUT2D eigenvalue weighted by Gasteiger charge is 1.97. The predicted octanol–water partition coefficient (Wildman–Crippen LogP) is 3.36. The van der Waals surface area contributed by atoms with Crippen molar-refractivity contribution in [1.29, 1.82) is 0 Å². The van der Waals surface area contributed by atoms with Gasteiger partial charge in [0.1, 0.15) is 0 Å². The van der Waals surface area contributed by atoms with E-state index in [1.54, 1.807) is 12.1 Å². The normalized spacial score (nSPS) is 8.43. The zero-order valence-corrected chi connectivity index (χ0v) is 9.59. The Hall–Kier alpha value is -0.780. The van der Waals surface area contributed by atoms with Gasteiger partial charge in [0, 0.05) is 5.56 Å². The van der Waals surface area contributed by atoms with E-state index in [9.17, 15) is 0 Å². The molecule has 1 aromatic rings. The summed E-state index contributed by atoms with van der Waals surface area (Å²) in [6, 6.07) is 5.32. The monoisotopic (exact) mass is 239 g/mol. The first kappa shape index (κ1) is 11.3. The van der Waals surface area contributed by atoms with E-state index in [0.29, 0.717) is 16.5 Å². The fourth-order valence-electron chi connectivity index (χ4n) is 0.866. The van der Waals surface area contributed by atoms with Crippen molar-refractivity contribution in [3.05, 3.63) is 28.8 Å². The van der Waals surface area contributed by atoms with Crippen molar-refractivity contribution in [2.24, 2.45) is 4.99 Å². The SMILES string of the molecule is S=C=Nc1ccc(C#CCS)cc1Cl. The fraction of sp³-hybridized carbons (Fsp3) is 0.100. The van der Waals surface area contributed by atoms with Crippen molar-refractivity contribution in [1.82, 2.24) is 0 Å². The molecule has 0 aliphatic heterocycles. The van der Waals surface area contributed by atoms with Crippen LogP contribution in [-0.2, 0) is 0 Å². The van der Waals surface area contributed by atoms with E-state index < -0.39 is 0 Å². The zero-order chi connectivity index (χ0) is 10.4. The molecule has 0 saturated heterocycles. The molecule has 70 valence electrons. The number of nitrogens with zero attached hydrogens (tertiary/aromatic N) is 1. The van der Waals surface area contributed by atoms with E-state index in [2.05, 4.69) is 46.8 Å². The molecule has 0 aromatic heterocycles. The molecule has 1 rings (SSSR count). The first-order valence-electron chi connectivity index (χ1n) is 3.75. The molecule has 0 heterocycles. The van der Waals surface area contributed by atoms with Gasteiger partial charge in [-0.15, -0.1) is 0 Å². The Bertz CT molecular complexity index is 439. The molecule has 1 nitrogen and oxygen atoms in total. The standard InChI is InChI=1S/C10H6ClNS2/c11-9-6-8(2-1-5-13)3-4-10(9)12-7-14/h3-4,6,13H,5H2. The Labute approximate surface area is 98.6 Å². The number of benzene rings is 1. The van der Waals surface area contributed by atoms with Crippen molar-refractivity contribution in [3.8, 4) is 11.8 Å². The van der Waals surface area contributed by atoms with Crippen LogP contribution in [0.15, 0.2) is 23.2 Å². The second-order valence-electron chi connectivity index (χ2n) is 2.33. The highest BCUT2D eigenvalue weighted by atomic mass is 35.5. The summed E-state index contributed by atoms with van der Waals surface area (Å²) in [4.78, 5) is 3.80. The number of hydrogen-bond acceptors (Lipinski definition) is 3. The third-order valence-corrected chi connectivity index (χ3v) is 1.98. The van der Waals surface area contributed by atoms with Crippen LogP contribution in [0.3, 0.4) is 0 Å². The molecule has 0 unspecified atom stereocenters.